The SMILES string of the molecule is CCCC(=Nc1cccc(F)c1C=O)N(C)c1ccccc1. The number of carbonyl (C=O) groups is 1. The van der Waals surface area contributed by atoms with E-state index in [-0.39, 0.29) is 5.56 Å². The van der Waals surface area contributed by atoms with Crippen LogP contribution in [0.1, 0.15) is 30.1 Å². The van der Waals surface area contributed by atoms with Gasteiger partial charge >= 0.3 is 0 Å². The summed E-state index contributed by atoms with van der Waals surface area (Å²) in [5, 5.41) is 0. The van der Waals surface area contributed by atoms with Gasteiger partial charge < -0.3 is 4.90 Å². The molecule has 0 aliphatic carbocycles. The molecular weight excluding hydrogens is 279 g/mol. The molecule has 2 aromatic rings. The summed E-state index contributed by atoms with van der Waals surface area (Å²) >= 11 is 0. The maximum absolute atomic E-state index is 13.7. The van der Waals surface area contributed by atoms with Gasteiger partial charge in [0.15, 0.2) is 6.29 Å². The summed E-state index contributed by atoms with van der Waals surface area (Å²) in [6, 6.07) is 14.3. The lowest BCUT2D eigenvalue weighted by Gasteiger charge is -2.21. The Hall–Kier alpha value is -2.49. The maximum Gasteiger partial charge on any atom is 0.155 e. The van der Waals surface area contributed by atoms with E-state index in [0.717, 1.165) is 24.4 Å². The number of anilines is 1. The zero-order valence-corrected chi connectivity index (χ0v) is 12.8. The summed E-state index contributed by atoms with van der Waals surface area (Å²) in [6.07, 6.45) is 2.15. The van der Waals surface area contributed by atoms with Crippen molar-refractivity contribution in [3.63, 3.8) is 0 Å². The molecule has 0 unspecified atom stereocenters. The monoisotopic (exact) mass is 298 g/mol. The van der Waals surface area contributed by atoms with Crippen molar-refractivity contribution in [1.29, 1.82) is 0 Å². The third-order valence-electron chi connectivity index (χ3n) is 3.40. The number of nitrogens with zero attached hydrogens (tertiary/aromatic N) is 2. The largest absolute Gasteiger partial charge is 0.333 e. The van der Waals surface area contributed by atoms with E-state index >= 15 is 0 Å². The zero-order chi connectivity index (χ0) is 15.9. The van der Waals surface area contributed by atoms with E-state index in [1.54, 1.807) is 12.1 Å². The Balaban J connectivity index is 2.44. The van der Waals surface area contributed by atoms with Gasteiger partial charge in [0.2, 0.25) is 0 Å². The molecule has 2 aromatic carbocycles. The molecule has 0 N–H and O–H groups in total. The first kappa shape index (κ1) is 15.9. The Morgan fingerprint density at radius 1 is 1.18 bits per heavy atom. The first-order valence-electron chi connectivity index (χ1n) is 7.27. The molecule has 0 aromatic heterocycles. The van der Waals surface area contributed by atoms with Crippen molar-refractivity contribution in [3.05, 3.63) is 59.9 Å². The van der Waals surface area contributed by atoms with Crippen molar-refractivity contribution in [3.8, 4) is 0 Å². The highest BCUT2D eigenvalue weighted by Gasteiger charge is 2.11. The average molecular weight is 298 g/mol. The molecule has 0 heterocycles. The minimum atomic E-state index is -0.547. The van der Waals surface area contributed by atoms with Crippen LogP contribution < -0.4 is 4.90 Å². The number of aldehydes is 1. The number of hydrogen-bond acceptors (Lipinski definition) is 2. The van der Waals surface area contributed by atoms with E-state index in [1.165, 1.54) is 6.07 Å². The van der Waals surface area contributed by atoms with Crippen LogP contribution in [0, 0.1) is 5.82 Å². The molecule has 22 heavy (non-hydrogen) atoms. The standard InChI is InChI=1S/C18H19FN2O/c1-3-8-18(21(2)14-9-5-4-6-10-14)20-17-12-7-11-16(19)15(17)13-22/h4-7,9-13H,3,8H2,1-2H3. The van der Waals surface area contributed by atoms with Gasteiger partial charge in [0.05, 0.1) is 11.3 Å². The van der Waals surface area contributed by atoms with Gasteiger partial charge in [0.1, 0.15) is 11.7 Å². The Morgan fingerprint density at radius 2 is 1.91 bits per heavy atom. The Bertz CT molecular complexity index is 668. The minimum Gasteiger partial charge on any atom is -0.333 e. The number of halogens is 1. The topological polar surface area (TPSA) is 32.7 Å². The van der Waals surface area contributed by atoms with Gasteiger partial charge in [-0.1, -0.05) is 31.2 Å². The molecule has 0 aliphatic rings. The second-order valence-corrected chi connectivity index (χ2v) is 4.96. The third kappa shape index (κ3) is 3.58. The molecule has 4 heteroatoms. The van der Waals surface area contributed by atoms with E-state index in [4.69, 9.17) is 0 Å². The van der Waals surface area contributed by atoms with E-state index in [0.29, 0.717) is 12.0 Å². The highest BCUT2D eigenvalue weighted by atomic mass is 19.1. The van der Waals surface area contributed by atoms with Crippen LogP contribution in [0.25, 0.3) is 0 Å². The fourth-order valence-electron chi connectivity index (χ4n) is 2.20. The summed E-state index contributed by atoms with van der Waals surface area (Å²) < 4.78 is 13.7. The van der Waals surface area contributed by atoms with Crippen molar-refractivity contribution in [2.24, 2.45) is 4.99 Å². The molecule has 0 saturated carbocycles. The van der Waals surface area contributed by atoms with Crippen molar-refractivity contribution in [2.75, 3.05) is 11.9 Å². The van der Waals surface area contributed by atoms with Crippen LogP contribution in [-0.4, -0.2) is 19.2 Å². The summed E-state index contributed by atoms with van der Waals surface area (Å²) in [4.78, 5) is 17.6. The van der Waals surface area contributed by atoms with Crippen molar-refractivity contribution in [2.45, 2.75) is 19.8 Å². The van der Waals surface area contributed by atoms with Crippen molar-refractivity contribution < 1.29 is 9.18 Å². The zero-order valence-electron chi connectivity index (χ0n) is 12.8. The predicted octanol–water partition coefficient (Wildman–Crippen LogP) is 4.60. The molecule has 0 spiro atoms. The number of benzene rings is 2. The minimum absolute atomic E-state index is 0.00225. The van der Waals surface area contributed by atoms with E-state index in [1.807, 2.05) is 42.3 Å². The fraction of sp³-hybridized carbons (Fsp3) is 0.222. The first-order chi connectivity index (χ1) is 10.7. The van der Waals surface area contributed by atoms with Gasteiger partial charge in [-0.15, -0.1) is 0 Å². The molecule has 0 saturated heterocycles. The van der Waals surface area contributed by atoms with Crippen LogP contribution in [0.15, 0.2) is 53.5 Å². The average Bonchev–Trinajstić information content (AvgIpc) is 2.55. The molecule has 0 radical (unpaired) electrons. The third-order valence-corrected chi connectivity index (χ3v) is 3.40. The summed E-state index contributed by atoms with van der Waals surface area (Å²) in [6.45, 7) is 2.06. The number of carbonyl (C=O) groups excluding carboxylic acids is 1. The highest BCUT2D eigenvalue weighted by Crippen LogP contribution is 2.23. The molecule has 0 bridgehead atoms. The van der Waals surface area contributed by atoms with Crippen LogP contribution in [0.3, 0.4) is 0 Å². The second-order valence-electron chi connectivity index (χ2n) is 4.96. The molecule has 0 amide bonds. The first-order valence-corrected chi connectivity index (χ1v) is 7.27. The summed E-state index contributed by atoms with van der Waals surface area (Å²) in [5.74, 6) is 0.247. The number of aliphatic imine (C=N–C) groups is 1. The Morgan fingerprint density at radius 3 is 2.55 bits per heavy atom. The molecule has 114 valence electrons. The van der Waals surface area contributed by atoms with Gasteiger partial charge in [-0.05, 0) is 30.7 Å². The number of amidine groups is 1. The lowest BCUT2D eigenvalue weighted by molar-refractivity contribution is 0.112. The van der Waals surface area contributed by atoms with Gasteiger partial charge in [-0.3, -0.25) is 4.79 Å². The fourth-order valence-corrected chi connectivity index (χ4v) is 2.20. The normalized spacial score (nSPS) is 11.3. The van der Waals surface area contributed by atoms with E-state index in [2.05, 4.69) is 11.9 Å². The summed E-state index contributed by atoms with van der Waals surface area (Å²) in [5.41, 5.74) is 1.36. The lowest BCUT2D eigenvalue weighted by Crippen LogP contribution is -2.26. The van der Waals surface area contributed by atoms with Gasteiger partial charge in [-0.2, -0.15) is 0 Å². The van der Waals surface area contributed by atoms with Crippen LogP contribution in [0.5, 0.6) is 0 Å². The summed E-state index contributed by atoms with van der Waals surface area (Å²) in [7, 11) is 1.92. The van der Waals surface area contributed by atoms with Crippen LogP contribution >= 0.6 is 0 Å². The van der Waals surface area contributed by atoms with Crippen LogP contribution in [0.4, 0.5) is 15.8 Å². The Labute approximate surface area is 130 Å². The van der Waals surface area contributed by atoms with E-state index in [9.17, 15) is 9.18 Å². The van der Waals surface area contributed by atoms with E-state index < -0.39 is 5.82 Å². The lowest BCUT2D eigenvalue weighted by atomic mass is 10.2. The van der Waals surface area contributed by atoms with Crippen molar-refractivity contribution >= 4 is 23.5 Å². The van der Waals surface area contributed by atoms with Gasteiger partial charge in [-0.25, -0.2) is 9.38 Å². The highest BCUT2D eigenvalue weighted by molar-refractivity contribution is 6.00. The van der Waals surface area contributed by atoms with Gasteiger partial charge in [0.25, 0.3) is 0 Å². The molecule has 0 atom stereocenters. The molecule has 3 nitrogen and oxygen atoms in total. The number of para-hydroxylation sites is 1. The molecule has 2 rings (SSSR count). The second kappa shape index (κ2) is 7.50. The maximum atomic E-state index is 13.7. The molecule has 0 fully saturated rings. The van der Waals surface area contributed by atoms with Gasteiger partial charge in [0, 0.05) is 19.2 Å². The Kier molecular flexibility index (Phi) is 5.42. The predicted molar refractivity (Wildman–Crippen MR) is 88.6 cm³/mol. The van der Waals surface area contributed by atoms with Crippen LogP contribution in [-0.2, 0) is 0 Å². The quantitative estimate of drug-likeness (QED) is 0.459. The van der Waals surface area contributed by atoms with Crippen molar-refractivity contribution in [1.82, 2.24) is 0 Å². The number of hydrogen-bond donors (Lipinski definition) is 0. The molecule has 0 aliphatic heterocycles. The number of rotatable bonds is 5. The molecular formula is C18H19FN2O. The van der Waals surface area contributed by atoms with Crippen LogP contribution in [0.2, 0.25) is 0 Å². The smallest absolute Gasteiger partial charge is 0.155 e.